The number of aryl methyl sites for hydroxylation is 2. The molecule has 8 heteroatoms. The van der Waals surface area contributed by atoms with Crippen LogP contribution in [0.3, 0.4) is 0 Å². The Bertz CT molecular complexity index is 859. The van der Waals surface area contributed by atoms with Crippen molar-refractivity contribution in [2.24, 2.45) is 5.92 Å². The van der Waals surface area contributed by atoms with Crippen LogP contribution in [0, 0.1) is 12.8 Å². The van der Waals surface area contributed by atoms with Crippen molar-refractivity contribution in [2.45, 2.75) is 64.7 Å². The Hall–Kier alpha value is -2.38. The predicted molar refractivity (Wildman–Crippen MR) is 95.7 cm³/mol. The van der Waals surface area contributed by atoms with E-state index in [1.54, 1.807) is 13.9 Å². The summed E-state index contributed by atoms with van der Waals surface area (Å²) in [4.78, 5) is 26.9. The highest BCUT2D eigenvalue weighted by atomic mass is 16.2. The van der Waals surface area contributed by atoms with E-state index in [4.69, 9.17) is 0 Å². The van der Waals surface area contributed by atoms with Gasteiger partial charge in [-0.25, -0.2) is 9.48 Å². The Morgan fingerprint density at radius 3 is 2.77 bits per heavy atom. The lowest BCUT2D eigenvalue weighted by atomic mass is 10.1. The van der Waals surface area contributed by atoms with E-state index in [1.807, 2.05) is 31.1 Å². The van der Waals surface area contributed by atoms with E-state index >= 15 is 0 Å². The molecule has 1 aliphatic heterocycles. The molecule has 1 unspecified atom stereocenters. The second-order valence-corrected chi connectivity index (χ2v) is 7.62. The van der Waals surface area contributed by atoms with Crippen LogP contribution in [0.4, 0.5) is 0 Å². The number of amides is 1. The number of rotatable bonds is 5. The molecule has 2 aromatic heterocycles. The predicted octanol–water partition coefficient (Wildman–Crippen LogP) is 0.823. The summed E-state index contributed by atoms with van der Waals surface area (Å²) >= 11 is 0. The summed E-state index contributed by atoms with van der Waals surface area (Å²) in [5, 5.41) is 8.83. The van der Waals surface area contributed by atoms with E-state index in [0.717, 1.165) is 37.3 Å². The van der Waals surface area contributed by atoms with Crippen LogP contribution in [0.2, 0.25) is 0 Å². The first-order valence-electron chi connectivity index (χ1n) is 9.43. The fourth-order valence-corrected chi connectivity index (χ4v) is 3.67. The van der Waals surface area contributed by atoms with Gasteiger partial charge >= 0.3 is 5.69 Å². The zero-order chi connectivity index (χ0) is 18.3. The molecule has 0 N–H and O–H groups in total. The third-order valence-corrected chi connectivity index (χ3v) is 5.53. The minimum absolute atomic E-state index is 0.00791. The molecule has 0 radical (unpaired) electrons. The molecular weight excluding hydrogens is 332 g/mol. The number of nitrogens with zero attached hydrogens (tertiary/aromatic N) is 6. The largest absolute Gasteiger partial charge is 0.345 e. The second kappa shape index (κ2) is 6.74. The Labute approximate surface area is 152 Å². The zero-order valence-corrected chi connectivity index (χ0v) is 15.5. The van der Waals surface area contributed by atoms with Crippen molar-refractivity contribution in [1.82, 2.24) is 29.0 Å². The molecule has 1 fully saturated rings. The fourth-order valence-electron chi connectivity index (χ4n) is 3.67. The van der Waals surface area contributed by atoms with Crippen molar-refractivity contribution in [2.75, 3.05) is 7.05 Å². The number of aromatic nitrogens is 5. The lowest BCUT2D eigenvalue weighted by Gasteiger charge is -2.27. The molecule has 3 heterocycles. The van der Waals surface area contributed by atoms with Gasteiger partial charge in [0.2, 0.25) is 5.91 Å². The van der Waals surface area contributed by atoms with Gasteiger partial charge in [0, 0.05) is 38.8 Å². The molecule has 0 bridgehead atoms. The summed E-state index contributed by atoms with van der Waals surface area (Å²) in [6.45, 7) is 3.54. The van der Waals surface area contributed by atoms with Gasteiger partial charge in [0.05, 0.1) is 5.69 Å². The maximum atomic E-state index is 12.6. The summed E-state index contributed by atoms with van der Waals surface area (Å²) in [5.41, 5.74) is 0.913. The Morgan fingerprint density at radius 2 is 2.08 bits per heavy atom. The Morgan fingerprint density at radius 1 is 1.27 bits per heavy atom. The molecular formula is C18H26N6O2. The van der Waals surface area contributed by atoms with E-state index in [0.29, 0.717) is 12.5 Å². The van der Waals surface area contributed by atoms with Crippen molar-refractivity contribution in [3.8, 4) is 0 Å². The molecule has 2 aliphatic rings. The van der Waals surface area contributed by atoms with Gasteiger partial charge in [-0.2, -0.15) is 10.2 Å². The van der Waals surface area contributed by atoms with Gasteiger partial charge in [0.1, 0.15) is 12.4 Å². The van der Waals surface area contributed by atoms with Gasteiger partial charge in [-0.15, -0.1) is 0 Å². The van der Waals surface area contributed by atoms with Crippen LogP contribution >= 0.6 is 0 Å². The average Bonchev–Trinajstić information content (AvgIpc) is 3.32. The van der Waals surface area contributed by atoms with Crippen LogP contribution in [0.5, 0.6) is 0 Å². The molecule has 2 aromatic rings. The first-order chi connectivity index (χ1) is 12.5. The summed E-state index contributed by atoms with van der Waals surface area (Å²) in [6.07, 6.45) is 6.59. The maximum Gasteiger partial charge on any atom is 0.345 e. The zero-order valence-electron chi connectivity index (χ0n) is 15.5. The van der Waals surface area contributed by atoms with Crippen LogP contribution in [0.1, 0.15) is 37.2 Å². The lowest BCUT2D eigenvalue weighted by Crippen LogP contribution is -2.39. The van der Waals surface area contributed by atoms with Gasteiger partial charge < -0.3 is 4.90 Å². The summed E-state index contributed by atoms with van der Waals surface area (Å²) < 4.78 is 5.12. The second-order valence-electron chi connectivity index (χ2n) is 7.62. The topological polar surface area (TPSA) is 78.0 Å². The fraction of sp³-hybridized carbons (Fsp3) is 0.667. The number of hydrogen-bond acceptors (Lipinski definition) is 4. The van der Waals surface area contributed by atoms with Crippen molar-refractivity contribution in [3.63, 3.8) is 0 Å². The summed E-state index contributed by atoms with van der Waals surface area (Å²) in [7, 11) is 1.85. The molecule has 4 rings (SSSR count). The van der Waals surface area contributed by atoms with Crippen LogP contribution in [-0.4, -0.2) is 48.0 Å². The van der Waals surface area contributed by atoms with Crippen molar-refractivity contribution >= 4 is 5.91 Å². The van der Waals surface area contributed by atoms with Gasteiger partial charge in [-0.05, 0) is 44.6 Å². The van der Waals surface area contributed by atoms with E-state index in [9.17, 15) is 9.59 Å². The van der Waals surface area contributed by atoms with Crippen molar-refractivity contribution in [3.05, 3.63) is 34.3 Å². The van der Waals surface area contributed by atoms with E-state index in [1.165, 1.54) is 12.8 Å². The SMILES string of the molecule is Cc1ccn(CC(=O)N(C)C2CCc3nn(CC4CC4)c(=O)n3CC2)n1. The van der Waals surface area contributed by atoms with E-state index in [-0.39, 0.29) is 24.2 Å². The Balaban J connectivity index is 1.40. The van der Waals surface area contributed by atoms with Crippen LogP contribution in [-0.2, 0) is 30.8 Å². The van der Waals surface area contributed by atoms with Crippen LogP contribution < -0.4 is 5.69 Å². The summed E-state index contributed by atoms with van der Waals surface area (Å²) in [6, 6.07) is 2.02. The molecule has 0 spiro atoms. The summed E-state index contributed by atoms with van der Waals surface area (Å²) in [5.74, 6) is 1.54. The molecule has 140 valence electrons. The maximum absolute atomic E-state index is 12.6. The highest BCUT2D eigenvalue weighted by Gasteiger charge is 2.28. The smallest absolute Gasteiger partial charge is 0.341 e. The molecule has 1 saturated carbocycles. The monoisotopic (exact) mass is 358 g/mol. The minimum atomic E-state index is 0.00791. The number of likely N-dealkylation sites (N-methyl/N-ethyl adjacent to an activating group) is 1. The quantitative estimate of drug-likeness (QED) is 0.793. The normalized spacial score (nSPS) is 19.8. The molecule has 26 heavy (non-hydrogen) atoms. The van der Waals surface area contributed by atoms with Crippen molar-refractivity contribution in [1.29, 1.82) is 0 Å². The highest BCUT2D eigenvalue weighted by molar-refractivity contribution is 5.75. The van der Waals surface area contributed by atoms with Crippen LogP contribution in [0.25, 0.3) is 0 Å². The van der Waals surface area contributed by atoms with Gasteiger partial charge in [0.25, 0.3) is 0 Å². The molecule has 1 aliphatic carbocycles. The first-order valence-corrected chi connectivity index (χ1v) is 9.43. The van der Waals surface area contributed by atoms with Crippen LogP contribution in [0.15, 0.2) is 17.1 Å². The van der Waals surface area contributed by atoms with E-state index < -0.39 is 0 Å². The number of carbonyl (C=O) groups is 1. The number of fused-ring (bicyclic) bond motifs is 1. The van der Waals surface area contributed by atoms with Crippen molar-refractivity contribution < 1.29 is 4.79 Å². The molecule has 0 aromatic carbocycles. The molecule has 1 atom stereocenters. The molecule has 8 nitrogen and oxygen atoms in total. The molecule has 1 amide bonds. The van der Waals surface area contributed by atoms with Gasteiger partial charge in [-0.3, -0.25) is 14.0 Å². The van der Waals surface area contributed by atoms with Gasteiger partial charge in [0.15, 0.2) is 0 Å². The number of carbonyl (C=O) groups excluding carboxylic acids is 1. The first kappa shape index (κ1) is 17.1. The average molecular weight is 358 g/mol. The Kier molecular flexibility index (Phi) is 4.42. The number of hydrogen-bond donors (Lipinski definition) is 0. The molecule has 0 saturated heterocycles. The van der Waals surface area contributed by atoms with E-state index in [2.05, 4.69) is 10.2 Å². The third-order valence-electron chi connectivity index (χ3n) is 5.53. The minimum Gasteiger partial charge on any atom is -0.341 e. The third kappa shape index (κ3) is 3.45. The standard InChI is InChI=1S/C18H26N6O2/c1-13-7-9-22(19-13)12-17(25)21(2)15-5-6-16-20-24(11-14-3-4-14)18(26)23(16)10-8-15/h7,9,14-15H,3-6,8,10-12H2,1-2H3. The lowest BCUT2D eigenvalue weighted by molar-refractivity contribution is -0.133. The van der Waals surface area contributed by atoms with Gasteiger partial charge in [-0.1, -0.05) is 0 Å². The highest BCUT2D eigenvalue weighted by Crippen LogP contribution is 2.30.